The van der Waals surface area contributed by atoms with Gasteiger partial charge in [-0.15, -0.1) is 0 Å². The Bertz CT molecular complexity index is 1880. The molecule has 0 radical (unpaired) electrons. The number of hydrogen-bond donors (Lipinski definition) is 2. The maximum atomic E-state index is 12.5. The molecule has 0 aromatic heterocycles. The number of esters is 2. The fourth-order valence-corrected chi connectivity index (χ4v) is 5.83. The predicted molar refractivity (Wildman–Crippen MR) is 179 cm³/mol. The van der Waals surface area contributed by atoms with Gasteiger partial charge in [-0.05, 0) is 72.0 Å². The fraction of sp³-hybridized carbons (Fsp3) is 0.184. The Balaban J connectivity index is 0.000000185. The van der Waals surface area contributed by atoms with Gasteiger partial charge < -0.3 is 29.9 Å². The molecule has 0 saturated heterocycles. The van der Waals surface area contributed by atoms with Crippen LogP contribution in [0.25, 0.3) is 11.1 Å². The molecule has 0 aliphatic heterocycles. The highest BCUT2D eigenvalue weighted by molar-refractivity contribution is 6.37. The number of methoxy groups -OCH3 is 2. The van der Waals surface area contributed by atoms with Gasteiger partial charge in [0.1, 0.15) is 17.2 Å². The van der Waals surface area contributed by atoms with Gasteiger partial charge in [0.2, 0.25) is 0 Å². The van der Waals surface area contributed by atoms with Gasteiger partial charge in [-0.1, -0.05) is 71.9 Å². The predicted octanol–water partition coefficient (Wildman–Crippen LogP) is 6.33. The first-order valence-electron chi connectivity index (χ1n) is 15.2. The van der Waals surface area contributed by atoms with Crippen molar-refractivity contribution in [2.75, 3.05) is 27.4 Å². The lowest BCUT2D eigenvalue weighted by molar-refractivity contribution is -0.139. The number of carbonyl (C=O) groups excluding carboxylic acids is 2. The van der Waals surface area contributed by atoms with Gasteiger partial charge in [0.15, 0.2) is 0 Å². The molecule has 4 aromatic carbocycles. The molecule has 3 N–H and O–H groups in total. The number of ether oxygens (including phenoxy) is 4. The molecular weight excluding hydrogens is 596 g/mol. The van der Waals surface area contributed by atoms with Crippen LogP contribution >= 0.6 is 0 Å². The Morgan fingerprint density at radius 2 is 1.23 bits per heavy atom. The van der Waals surface area contributed by atoms with E-state index in [0.29, 0.717) is 29.1 Å². The molecule has 9 nitrogen and oxygen atoms in total. The minimum absolute atomic E-state index is 0.196. The minimum Gasteiger partial charge on any atom is -0.497 e. The molecular formula is C38H36N2O7. The molecule has 9 heteroatoms. The van der Waals surface area contributed by atoms with Gasteiger partial charge in [0.05, 0.1) is 44.6 Å². The van der Waals surface area contributed by atoms with E-state index in [0.717, 1.165) is 39.1 Å². The minimum atomic E-state index is -0.519. The second kappa shape index (κ2) is 14.6. The fourth-order valence-electron chi connectivity index (χ4n) is 5.83. The van der Waals surface area contributed by atoms with Crippen molar-refractivity contribution in [3.8, 4) is 11.5 Å². The number of rotatable bonds is 8. The van der Waals surface area contributed by atoms with E-state index >= 15 is 0 Å². The lowest BCUT2D eigenvalue weighted by Gasteiger charge is -2.11. The van der Waals surface area contributed by atoms with E-state index in [9.17, 15) is 14.8 Å². The van der Waals surface area contributed by atoms with E-state index in [1.165, 1.54) is 0 Å². The normalized spacial score (nSPS) is 15.4. The van der Waals surface area contributed by atoms with Crippen molar-refractivity contribution in [2.24, 2.45) is 10.9 Å². The van der Waals surface area contributed by atoms with Crippen LogP contribution in [0.3, 0.4) is 0 Å². The SMILES string of the molecule is CCOC(=O)C1=C(c2ccccc2)c2ccc(OC)cc2C1=NO.CCOC(=O)C1=C(c2ccccc2)c2ccc(OC)cc2C1N. The second-order valence-electron chi connectivity index (χ2n) is 10.5. The summed E-state index contributed by atoms with van der Waals surface area (Å²) in [6.07, 6.45) is 0. The molecule has 47 heavy (non-hydrogen) atoms. The third-order valence-corrected chi connectivity index (χ3v) is 7.88. The summed E-state index contributed by atoms with van der Waals surface area (Å²) in [7, 11) is 3.17. The van der Waals surface area contributed by atoms with Crippen molar-refractivity contribution in [3.05, 3.63) is 142 Å². The van der Waals surface area contributed by atoms with E-state index in [1.807, 2.05) is 91.0 Å². The molecule has 0 heterocycles. The van der Waals surface area contributed by atoms with Crippen LogP contribution in [0.2, 0.25) is 0 Å². The van der Waals surface area contributed by atoms with Gasteiger partial charge in [0, 0.05) is 16.7 Å². The Morgan fingerprint density at radius 3 is 1.79 bits per heavy atom. The molecule has 0 spiro atoms. The zero-order valence-corrected chi connectivity index (χ0v) is 26.7. The van der Waals surface area contributed by atoms with Crippen LogP contribution in [0.4, 0.5) is 0 Å². The molecule has 6 rings (SSSR count). The molecule has 2 aliphatic rings. The van der Waals surface area contributed by atoms with Crippen molar-refractivity contribution < 1.29 is 33.7 Å². The molecule has 0 bridgehead atoms. The molecule has 1 atom stereocenters. The average Bonchev–Trinajstić information content (AvgIpc) is 3.60. The summed E-state index contributed by atoms with van der Waals surface area (Å²) in [5, 5.41) is 12.9. The maximum absolute atomic E-state index is 12.5. The number of nitrogens with two attached hydrogens (primary N) is 1. The summed E-state index contributed by atoms with van der Waals surface area (Å²) in [6.45, 7) is 4.08. The van der Waals surface area contributed by atoms with E-state index in [2.05, 4.69) is 5.16 Å². The van der Waals surface area contributed by atoms with Gasteiger partial charge in [-0.2, -0.15) is 0 Å². The summed E-state index contributed by atoms with van der Waals surface area (Å²) < 4.78 is 20.9. The van der Waals surface area contributed by atoms with E-state index in [4.69, 9.17) is 24.7 Å². The van der Waals surface area contributed by atoms with Crippen LogP contribution in [0.5, 0.6) is 11.5 Å². The highest BCUT2D eigenvalue weighted by Crippen LogP contribution is 2.44. The molecule has 240 valence electrons. The number of hydrogen-bond acceptors (Lipinski definition) is 9. The van der Waals surface area contributed by atoms with Gasteiger partial charge in [0.25, 0.3) is 0 Å². The van der Waals surface area contributed by atoms with Crippen molar-refractivity contribution >= 4 is 28.8 Å². The standard InChI is InChI=1S/C19H17NO4.C19H19NO3/c1-3-24-19(21)17-16(12-7-5-4-6-8-12)14-10-9-13(23-2)11-15(14)18(17)20-22;1-3-23-19(21)17-16(12-7-5-4-6-8-12)14-10-9-13(22-2)11-15(14)18(17)20/h4-11,22H,3H2,1-2H3;4-11,18H,3,20H2,1-2H3. The summed E-state index contributed by atoms with van der Waals surface area (Å²) >= 11 is 0. The number of carbonyl (C=O) groups is 2. The van der Waals surface area contributed by atoms with Crippen LogP contribution in [-0.4, -0.2) is 50.3 Å². The Kier molecular flexibility index (Phi) is 10.2. The van der Waals surface area contributed by atoms with Gasteiger partial charge >= 0.3 is 11.9 Å². The Labute approximate surface area is 273 Å². The zero-order valence-electron chi connectivity index (χ0n) is 26.7. The zero-order chi connectivity index (χ0) is 33.5. The lowest BCUT2D eigenvalue weighted by Crippen LogP contribution is -2.19. The highest BCUT2D eigenvalue weighted by atomic mass is 16.5. The maximum Gasteiger partial charge on any atom is 0.341 e. The van der Waals surface area contributed by atoms with Gasteiger partial charge in [-0.3, -0.25) is 0 Å². The van der Waals surface area contributed by atoms with E-state index < -0.39 is 12.0 Å². The second-order valence-corrected chi connectivity index (χ2v) is 10.5. The monoisotopic (exact) mass is 632 g/mol. The van der Waals surface area contributed by atoms with Crippen LogP contribution in [0.1, 0.15) is 53.3 Å². The van der Waals surface area contributed by atoms with Crippen molar-refractivity contribution in [2.45, 2.75) is 19.9 Å². The summed E-state index contributed by atoms with van der Waals surface area (Å²) in [6, 6.07) is 29.9. The summed E-state index contributed by atoms with van der Waals surface area (Å²) in [5.74, 6) is 0.456. The summed E-state index contributed by atoms with van der Waals surface area (Å²) in [5.41, 5.74) is 13.9. The van der Waals surface area contributed by atoms with E-state index in [1.54, 1.807) is 34.1 Å². The Hall–Kier alpha value is -5.67. The average molecular weight is 633 g/mol. The van der Waals surface area contributed by atoms with Crippen LogP contribution < -0.4 is 15.2 Å². The van der Waals surface area contributed by atoms with Crippen molar-refractivity contribution in [1.82, 2.24) is 0 Å². The first-order valence-corrected chi connectivity index (χ1v) is 15.2. The number of benzene rings is 4. The molecule has 2 aliphatic carbocycles. The van der Waals surface area contributed by atoms with Crippen LogP contribution in [0, 0.1) is 0 Å². The van der Waals surface area contributed by atoms with Crippen molar-refractivity contribution in [3.63, 3.8) is 0 Å². The lowest BCUT2D eigenvalue weighted by atomic mass is 9.97. The smallest absolute Gasteiger partial charge is 0.341 e. The molecule has 1 unspecified atom stereocenters. The van der Waals surface area contributed by atoms with Gasteiger partial charge in [-0.25, -0.2) is 9.59 Å². The largest absolute Gasteiger partial charge is 0.497 e. The quantitative estimate of drug-likeness (QED) is 0.131. The molecule has 4 aromatic rings. The molecule has 0 fully saturated rings. The third kappa shape index (κ3) is 6.39. The van der Waals surface area contributed by atoms with Crippen LogP contribution in [0.15, 0.2) is 113 Å². The Morgan fingerprint density at radius 1 is 0.702 bits per heavy atom. The number of nitrogens with zero attached hydrogens (tertiary/aromatic N) is 1. The molecule has 0 amide bonds. The third-order valence-electron chi connectivity index (χ3n) is 7.88. The first-order chi connectivity index (χ1) is 22.9. The number of fused-ring (bicyclic) bond motifs is 2. The number of oxime groups is 1. The van der Waals surface area contributed by atoms with Crippen LogP contribution in [-0.2, 0) is 19.1 Å². The highest BCUT2D eigenvalue weighted by Gasteiger charge is 2.36. The molecule has 0 saturated carbocycles. The topological polar surface area (TPSA) is 130 Å². The first kappa shape index (κ1) is 32.7. The van der Waals surface area contributed by atoms with Crippen molar-refractivity contribution in [1.29, 1.82) is 0 Å². The van der Waals surface area contributed by atoms with E-state index in [-0.39, 0.29) is 23.9 Å². The summed E-state index contributed by atoms with van der Waals surface area (Å²) in [4.78, 5) is 25.0.